The zero-order valence-electron chi connectivity index (χ0n) is 11.1. The first-order valence-electron chi connectivity index (χ1n) is 6.39. The second-order valence-electron chi connectivity index (χ2n) is 4.55. The zero-order chi connectivity index (χ0) is 13.0. The first-order chi connectivity index (χ1) is 8.70. The van der Waals surface area contributed by atoms with Gasteiger partial charge in [-0.2, -0.15) is 0 Å². The number of hydrogen-bond acceptors (Lipinski definition) is 3. The highest BCUT2D eigenvalue weighted by molar-refractivity contribution is 5.57. The molecular weight excluding hydrogens is 222 g/mol. The zero-order valence-corrected chi connectivity index (χ0v) is 11.1. The number of nitrogens with one attached hydrogen (secondary N) is 1. The second-order valence-corrected chi connectivity index (χ2v) is 4.55. The number of hydrogen-bond donors (Lipinski definition) is 1. The number of benzene rings is 1. The van der Waals surface area contributed by atoms with Crippen molar-refractivity contribution in [3.8, 4) is 11.4 Å². The van der Waals surface area contributed by atoms with Crippen molar-refractivity contribution in [2.24, 2.45) is 0 Å². The van der Waals surface area contributed by atoms with Gasteiger partial charge in [-0.15, -0.1) is 0 Å². The predicted octanol–water partition coefficient (Wildman–Crippen LogP) is 3.70. The van der Waals surface area contributed by atoms with Crippen molar-refractivity contribution < 1.29 is 0 Å². The first-order valence-corrected chi connectivity index (χ1v) is 6.39. The van der Waals surface area contributed by atoms with Crippen LogP contribution in [0.1, 0.15) is 32.4 Å². The van der Waals surface area contributed by atoms with Gasteiger partial charge in [0.2, 0.25) is 0 Å². The van der Waals surface area contributed by atoms with E-state index in [0.29, 0.717) is 5.92 Å². The van der Waals surface area contributed by atoms with Crippen LogP contribution in [-0.4, -0.2) is 16.5 Å². The van der Waals surface area contributed by atoms with Crippen LogP contribution in [0.15, 0.2) is 36.4 Å². The Hall–Kier alpha value is -1.90. The Morgan fingerprint density at radius 3 is 2.44 bits per heavy atom. The molecule has 0 unspecified atom stereocenters. The largest absolute Gasteiger partial charge is 0.370 e. The van der Waals surface area contributed by atoms with E-state index in [-0.39, 0.29) is 0 Å². The Labute approximate surface area is 108 Å². The fourth-order valence-electron chi connectivity index (χ4n) is 1.75. The molecule has 1 aromatic carbocycles. The lowest BCUT2D eigenvalue weighted by atomic mass is 10.1. The molecule has 18 heavy (non-hydrogen) atoms. The van der Waals surface area contributed by atoms with Gasteiger partial charge < -0.3 is 5.32 Å². The summed E-state index contributed by atoms with van der Waals surface area (Å²) in [5, 5.41) is 3.26. The molecule has 0 saturated carbocycles. The van der Waals surface area contributed by atoms with Crippen molar-refractivity contribution in [3.63, 3.8) is 0 Å². The maximum atomic E-state index is 4.63. The van der Waals surface area contributed by atoms with Gasteiger partial charge in [0.25, 0.3) is 0 Å². The van der Waals surface area contributed by atoms with Crippen molar-refractivity contribution >= 4 is 5.82 Å². The van der Waals surface area contributed by atoms with Crippen LogP contribution in [0.2, 0.25) is 0 Å². The van der Waals surface area contributed by atoms with Crippen LogP contribution in [-0.2, 0) is 0 Å². The Morgan fingerprint density at radius 2 is 1.83 bits per heavy atom. The van der Waals surface area contributed by atoms with Gasteiger partial charge in [0, 0.05) is 23.9 Å². The first kappa shape index (κ1) is 12.6. The molecule has 94 valence electrons. The van der Waals surface area contributed by atoms with Gasteiger partial charge in [0.1, 0.15) is 5.82 Å². The number of rotatable bonds is 4. The third kappa shape index (κ3) is 2.86. The van der Waals surface area contributed by atoms with Crippen LogP contribution in [0.5, 0.6) is 0 Å². The van der Waals surface area contributed by atoms with Crippen LogP contribution in [0.4, 0.5) is 5.82 Å². The highest BCUT2D eigenvalue weighted by Gasteiger charge is 2.08. The van der Waals surface area contributed by atoms with Crippen LogP contribution in [0, 0.1) is 0 Å². The van der Waals surface area contributed by atoms with E-state index in [2.05, 4.69) is 36.1 Å². The van der Waals surface area contributed by atoms with Gasteiger partial charge in [-0.1, -0.05) is 44.2 Å². The molecule has 0 bridgehead atoms. The monoisotopic (exact) mass is 241 g/mol. The van der Waals surface area contributed by atoms with Crippen LogP contribution in [0.25, 0.3) is 11.4 Å². The summed E-state index contributed by atoms with van der Waals surface area (Å²) in [4.78, 5) is 9.19. The van der Waals surface area contributed by atoms with Crippen molar-refractivity contribution in [3.05, 3.63) is 42.1 Å². The Bertz CT molecular complexity index is 506. The molecule has 0 radical (unpaired) electrons. The normalized spacial score (nSPS) is 10.7. The molecule has 0 saturated heterocycles. The van der Waals surface area contributed by atoms with Gasteiger partial charge in [0.15, 0.2) is 5.82 Å². The van der Waals surface area contributed by atoms with Gasteiger partial charge in [-0.3, -0.25) is 0 Å². The standard InChI is InChI=1S/C15H19N3/c1-4-16-14-10-13(11(2)3)17-15(18-14)12-8-6-5-7-9-12/h5-11H,4H2,1-3H3,(H,16,17,18). The minimum atomic E-state index is 0.396. The van der Waals surface area contributed by atoms with Crippen molar-refractivity contribution in [2.45, 2.75) is 26.7 Å². The molecule has 0 atom stereocenters. The fraction of sp³-hybridized carbons (Fsp3) is 0.333. The fourth-order valence-corrected chi connectivity index (χ4v) is 1.75. The van der Waals surface area contributed by atoms with Gasteiger partial charge in [-0.25, -0.2) is 9.97 Å². The average molecular weight is 241 g/mol. The minimum absolute atomic E-state index is 0.396. The summed E-state index contributed by atoms with van der Waals surface area (Å²) in [6.07, 6.45) is 0. The van der Waals surface area contributed by atoms with E-state index < -0.39 is 0 Å². The van der Waals surface area contributed by atoms with E-state index in [1.165, 1.54) is 0 Å². The molecule has 0 spiro atoms. The van der Waals surface area contributed by atoms with Crippen molar-refractivity contribution in [1.82, 2.24) is 9.97 Å². The summed E-state index contributed by atoms with van der Waals surface area (Å²) in [7, 11) is 0. The molecule has 3 nitrogen and oxygen atoms in total. The summed E-state index contributed by atoms with van der Waals surface area (Å²) in [5.41, 5.74) is 2.12. The summed E-state index contributed by atoms with van der Waals surface area (Å²) < 4.78 is 0. The minimum Gasteiger partial charge on any atom is -0.370 e. The summed E-state index contributed by atoms with van der Waals surface area (Å²) in [6, 6.07) is 12.1. The van der Waals surface area contributed by atoms with E-state index in [9.17, 15) is 0 Å². The molecule has 1 heterocycles. The van der Waals surface area contributed by atoms with Crippen molar-refractivity contribution in [1.29, 1.82) is 0 Å². The maximum absolute atomic E-state index is 4.63. The van der Waals surface area contributed by atoms with E-state index >= 15 is 0 Å². The lowest BCUT2D eigenvalue weighted by Gasteiger charge is -2.11. The van der Waals surface area contributed by atoms with E-state index in [1.807, 2.05) is 36.4 Å². The number of anilines is 1. The molecule has 0 aliphatic carbocycles. The highest BCUT2D eigenvalue weighted by atomic mass is 15.0. The molecule has 3 heteroatoms. The molecule has 0 aliphatic rings. The Kier molecular flexibility index (Phi) is 3.92. The van der Waals surface area contributed by atoms with Crippen LogP contribution < -0.4 is 5.32 Å². The molecule has 2 aromatic rings. The van der Waals surface area contributed by atoms with Gasteiger partial charge >= 0.3 is 0 Å². The van der Waals surface area contributed by atoms with Gasteiger partial charge in [-0.05, 0) is 12.8 Å². The van der Waals surface area contributed by atoms with E-state index in [0.717, 1.165) is 29.4 Å². The molecule has 0 amide bonds. The topological polar surface area (TPSA) is 37.8 Å². The van der Waals surface area contributed by atoms with Crippen molar-refractivity contribution in [2.75, 3.05) is 11.9 Å². The lowest BCUT2D eigenvalue weighted by molar-refractivity contribution is 0.817. The Morgan fingerprint density at radius 1 is 1.11 bits per heavy atom. The van der Waals surface area contributed by atoms with Crippen LogP contribution in [0.3, 0.4) is 0 Å². The lowest BCUT2D eigenvalue weighted by Crippen LogP contribution is -2.05. The van der Waals surface area contributed by atoms with Gasteiger partial charge in [0.05, 0.1) is 0 Å². The maximum Gasteiger partial charge on any atom is 0.161 e. The number of aromatic nitrogens is 2. The number of nitrogens with zero attached hydrogens (tertiary/aromatic N) is 2. The Balaban J connectivity index is 2.46. The van der Waals surface area contributed by atoms with E-state index in [1.54, 1.807) is 0 Å². The molecule has 2 rings (SSSR count). The highest BCUT2D eigenvalue weighted by Crippen LogP contribution is 2.21. The average Bonchev–Trinajstić information content (AvgIpc) is 2.40. The third-order valence-electron chi connectivity index (χ3n) is 2.73. The molecular formula is C15H19N3. The molecule has 0 fully saturated rings. The predicted molar refractivity (Wildman–Crippen MR) is 75.7 cm³/mol. The van der Waals surface area contributed by atoms with E-state index in [4.69, 9.17) is 0 Å². The summed E-state index contributed by atoms with van der Waals surface area (Å²) in [6.45, 7) is 7.22. The summed E-state index contributed by atoms with van der Waals surface area (Å²) >= 11 is 0. The SMILES string of the molecule is CCNc1cc(C(C)C)nc(-c2ccccc2)n1. The summed E-state index contributed by atoms with van der Waals surface area (Å²) in [5.74, 6) is 2.08. The molecule has 1 N–H and O–H groups in total. The molecule has 0 aliphatic heterocycles. The second kappa shape index (κ2) is 5.63. The third-order valence-corrected chi connectivity index (χ3v) is 2.73. The van der Waals surface area contributed by atoms with Crippen LogP contribution >= 0.6 is 0 Å². The smallest absolute Gasteiger partial charge is 0.161 e. The molecule has 1 aromatic heterocycles. The quantitative estimate of drug-likeness (QED) is 0.887.